The molecule has 0 bridgehead atoms. The first kappa shape index (κ1) is 20.8. The third kappa shape index (κ3) is 3.82. The zero-order chi connectivity index (χ0) is 22.4. The van der Waals surface area contributed by atoms with Gasteiger partial charge in [0.05, 0.1) is 12.8 Å². The van der Waals surface area contributed by atoms with Crippen LogP contribution >= 0.6 is 11.6 Å². The minimum absolute atomic E-state index is 0.113. The van der Waals surface area contributed by atoms with E-state index in [9.17, 15) is 4.39 Å². The van der Waals surface area contributed by atoms with E-state index in [0.29, 0.717) is 35.9 Å². The van der Waals surface area contributed by atoms with Crippen molar-refractivity contribution in [2.75, 3.05) is 24.6 Å². The lowest BCUT2D eigenvalue weighted by Crippen LogP contribution is -2.38. The zero-order valence-electron chi connectivity index (χ0n) is 18.1. The van der Waals surface area contributed by atoms with Gasteiger partial charge in [0.15, 0.2) is 5.65 Å². The van der Waals surface area contributed by atoms with Gasteiger partial charge >= 0.3 is 0 Å². The van der Waals surface area contributed by atoms with Gasteiger partial charge in [-0.3, -0.25) is 4.68 Å². The number of ether oxygens (including phenoxy) is 1. The summed E-state index contributed by atoms with van der Waals surface area (Å²) in [5.74, 6) is 0.374. The number of fused-ring (bicyclic) bond motifs is 1. The van der Waals surface area contributed by atoms with Gasteiger partial charge < -0.3 is 9.64 Å². The van der Waals surface area contributed by atoms with E-state index in [1.807, 2.05) is 45.4 Å². The monoisotopic (exact) mass is 451 g/mol. The highest BCUT2D eigenvalue weighted by Crippen LogP contribution is 2.35. The summed E-state index contributed by atoms with van der Waals surface area (Å²) < 4.78 is 22.7. The van der Waals surface area contributed by atoms with Crippen molar-refractivity contribution >= 4 is 28.5 Å². The largest absolute Gasteiger partial charge is 0.370 e. The van der Waals surface area contributed by atoms with Crippen LogP contribution in [0.4, 0.5) is 10.2 Å². The van der Waals surface area contributed by atoms with Gasteiger partial charge in [-0.15, -0.1) is 0 Å². The quantitative estimate of drug-likeness (QED) is 0.438. The highest BCUT2D eigenvalue weighted by Gasteiger charge is 2.25. The van der Waals surface area contributed by atoms with Gasteiger partial charge in [-0.25, -0.2) is 14.4 Å². The molecule has 1 aliphatic heterocycles. The first-order valence-electron chi connectivity index (χ1n) is 10.5. The third-order valence-corrected chi connectivity index (χ3v) is 6.17. The Hall–Kier alpha value is -3.03. The molecule has 8 heteroatoms. The van der Waals surface area contributed by atoms with E-state index in [0.717, 1.165) is 33.6 Å². The summed E-state index contributed by atoms with van der Waals surface area (Å²) in [6, 6.07) is 8.72. The number of aromatic nitrogens is 4. The number of rotatable bonds is 3. The third-order valence-electron chi connectivity index (χ3n) is 5.94. The maximum Gasteiger partial charge on any atom is 0.162 e. The minimum atomic E-state index is -0.371. The van der Waals surface area contributed by atoms with Gasteiger partial charge in [0.25, 0.3) is 0 Å². The smallest absolute Gasteiger partial charge is 0.162 e. The molecular formula is C24H23ClFN5O. The van der Waals surface area contributed by atoms with E-state index < -0.39 is 0 Å². The topological polar surface area (TPSA) is 56.1 Å². The van der Waals surface area contributed by atoms with Crippen LogP contribution in [0.1, 0.15) is 22.9 Å². The zero-order valence-corrected chi connectivity index (χ0v) is 18.9. The minimum Gasteiger partial charge on any atom is -0.370 e. The molecule has 4 aromatic rings. The summed E-state index contributed by atoms with van der Waals surface area (Å²) in [4.78, 5) is 11.7. The Labute approximate surface area is 190 Å². The Morgan fingerprint density at radius 2 is 1.97 bits per heavy atom. The predicted octanol–water partition coefficient (Wildman–Crippen LogP) is 5.02. The fourth-order valence-electron chi connectivity index (χ4n) is 4.08. The lowest BCUT2D eigenvalue weighted by Gasteiger charge is -2.33. The van der Waals surface area contributed by atoms with E-state index in [-0.39, 0.29) is 11.9 Å². The van der Waals surface area contributed by atoms with Gasteiger partial charge in [0, 0.05) is 53.6 Å². The van der Waals surface area contributed by atoms with Crippen LogP contribution in [-0.4, -0.2) is 39.4 Å². The summed E-state index contributed by atoms with van der Waals surface area (Å²) >= 11 is 6.00. The van der Waals surface area contributed by atoms with Crippen molar-refractivity contribution in [2.45, 2.75) is 20.0 Å². The van der Waals surface area contributed by atoms with Crippen LogP contribution in [0.15, 0.2) is 42.7 Å². The first-order valence-corrected chi connectivity index (χ1v) is 10.9. The van der Waals surface area contributed by atoms with Crippen LogP contribution in [0, 0.1) is 19.7 Å². The molecule has 0 unspecified atom stereocenters. The second-order valence-electron chi connectivity index (χ2n) is 8.17. The summed E-state index contributed by atoms with van der Waals surface area (Å²) in [6.07, 6.45) is 3.67. The maximum absolute atomic E-state index is 14.9. The van der Waals surface area contributed by atoms with Crippen molar-refractivity contribution in [3.05, 3.63) is 70.4 Å². The molecule has 164 valence electrons. The Balaban J connectivity index is 1.62. The van der Waals surface area contributed by atoms with E-state index in [1.54, 1.807) is 16.8 Å². The van der Waals surface area contributed by atoms with Gasteiger partial charge in [-0.2, -0.15) is 5.10 Å². The summed E-state index contributed by atoms with van der Waals surface area (Å²) in [5, 5.41) is 5.44. The second-order valence-corrected chi connectivity index (χ2v) is 8.60. The van der Waals surface area contributed by atoms with E-state index >= 15 is 0 Å². The summed E-state index contributed by atoms with van der Waals surface area (Å²) in [7, 11) is 1.89. The molecular weight excluding hydrogens is 429 g/mol. The Morgan fingerprint density at radius 3 is 2.72 bits per heavy atom. The molecule has 1 atom stereocenters. The van der Waals surface area contributed by atoms with Crippen molar-refractivity contribution in [2.24, 2.45) is 7.05 Å². The average molecular weight is 452 g/mol. The van der Waals surface area contributed by atoms with Crippen LogP contribution in [0.2, 0.25) is 5.02 Å². The van der Waals surface area contributed by atoms with Crippen LogP contribution in [0.25, 0.3) is 22.2 Å². The van der Waals surface area contributed by atoms with Crippen LogP contribution in [-0.2, 0) is 11.8 Å². The Kier molecular flexibility index (Phi) is 5.31. The molecule has 1 aromatic carbocycles. The van der Waals surface area contributed by atoms with E-state index in [1.165, 1.54) is 6.07 Å². The van der Waals surface area contributed by atoms with E-state index in [2.05, 4.69) is 10.00 Å². The molecule has 0 spiro atoms. The van der Waals surface area contributed by atoms with Gasteiger partial charge in [0.1, 0.15) is 17.7 Å². The molecule has 5 rings (SSSR count). The van der Waals surface area contributed by atoms with Crippen molar-refractivity contribution in [1.82, 2.24) is 19.7 Å². The van der Waals surface area contributed by atoms with Crippen LogP contribution in [0.3, 0.4) is 0 Å². The number of anilines is 1. The summed E-state index contributed by atoms with van der Waals surface area (Å²) in [6.45, 7) is 5.82. The normalized spacial score (nSPS) is 16.7. The van der Waals surface area contributed by atoms with Crippen LogP contribution in [0.5, 0.6) is 0 Å². The number of pyridine rings is 2. The molecule has 6 nitrogen and oxygen atoms in total. The number of halogens is 2. The number of hydrogen-bond donors (Lipinski definition) is 0. The lowest BCUT2D eigenvalue weighted by atomic mass is 10.00. The SMILES string of the molecule is Cc1cc2c(-c3ccc(Cl)cc3F)cc(N3CCO[C@H](c4cnn(C)c4)C3)nc2nc1C. The highest BCUT2D eigenvalue weighted by atomic mass is 35.5. The molecule has 0 N–H and O–H groups in total. The lowest BCUT2D eigenvalue weighted by molar-refractivity contribution is 0.0395. The molecule has 1 aliphatic rings. The molecule has 0 saturated carbocycles. The van der Waals surface area contributed by atoms with Crippen molar-refractivity contribution in [3.63, 3.8) is 0 Å². The standard InChI is InChI=1S/C24H23ClFN5O/c1-14-8-20-19(18-5-4-17(25)9-21(18)26)10-23(29-24(20)28-15(14)2)31-6-7-32-22(13-31)16-11-27-30(3)12-16/h4-5,8-12,22H,6-7,13H2,1-3H3/t22-/m0/s1. The maximum atomic E-state index is 14.9. The number of morpholine rings is 1. The fourth-order valence-corrected chi connectivity index (χ4v) is 4.24. The number of hydrogen-bond acceptors (Lipinski definition) is 5. The first-order chi connectivity index (χ1) is 15.4. The molecule has 1 saturated heterocycles. The predicted molar refractivity (Wildman–Crippen MR) is 124 cm³/mol. The van der Waals surface area contributed by atoms with Crippen molar-refractivity contribution < 1.29 is 9.13 Å². The van der Waals surface area contributed by atoms with Gasteiger partial charge in [0.2, 0.25) is 0 Å². The fraction of sp³-hybridized carbons (Fsp3) is 0.292. The molecule has 0 radical (unpaired) electrons. The molecule has 0 aliphatic carbocycles. The Morgan fingerprint density at radius 1 is 1.12 bits per heavy atom. The second kappa shape index (κ2) is 8.15. The molecule has 3 aromatic heterocycles. The van der Waals surface area contributed by atoms with Gasteiger partial charge in [-0.05, 0) is 55.3 Å². The average Bonchev–Trinajstić information content (AvgIpc) is 3.21. The molecule has 1 fully saturated rings. The molecule has 32 heavy (non-hydrogen) atoms. The molecule has 4 heterocycles. The number of aryl methyl sites for hydroxylation is 3. The number of benzene rings is 1. The van der Waals surface area contributed by atoms with E-state index in [4.69, 9.17) is 26.3 Å². The summed E-state index contributed by atoms with van der Waals surface area (Å²) in [5.41, 5.74) is 4.78. The van der Waals surface area contributed by atoms with Crippen LogP contribution < -0.4 is 4.90 Å². The number of nitrogens with zero attached hydrogens (tertiary/aromatic N) is 5. The van der Waals surface area contributed by atoms with Gasteiger partial charge in [-0.1, -0.05) is 11.6 Å². The van der Waals surface area contributed by atoms with Crippen molar-refractivity contribution in [1.29, 1.82) is 0 Å². The Bertz CT molecular complexity index is 1320. The van der Waals surface area contributed by atoms with Crippen molar-refractivity contribution in [3.8, 4) is 11.1 Å². The highest BCUT2D eigenvalue weighted by molar-refractivity contribution is 6.30. The molecule has 0 amide bonds.